The SMILES string of the molecule is CC(=O)CC1(O)[C@H](O)COC[C@@H]1O. The minimum Gasteiger partial charge on any atom is -0.388 e. The Morgan fingerprint density at radius 2 is 1.92 bits per heavy atom. The molecule has 13 heavy (non-hydrogen) atoms. The zero-order valence-corrected chi connectivity index (χ0v) is 7.43. The molecule has 0 aromatic heterocycles. The van der Waals surface area contributed by atoms with E-state index in [2.05, 4.69) is 0 Å². The van der Waals surface area contributed by atoms with Crippen LogP contribution >= 0.6 is 0 Å². The number of ether oxygens (including phenoxy) is 1. The van der Waals surface area contributed by atoms with E-state index in [1.165, 1.54) is 6.92 Å². The van der Waals surface area contributed by atoms with Crippen LogP contribution < -0.4 is 0 Å². The van der Waals surface area contributed by atoms with Crippen molar-refractivity contribution in [3.05, 3.63) is 0 Å². The average molecular weight is 190 g/mol. The van der Waals surface area contributed by atoms with Gasteiger partial charge in [0.15, 0.2) is 0 Å². The molecule has 1 fully saturated rings. The Morgan fingerprint density at radius 3 is 2.31 bits per heavy atom. The van der Waals surface area contributed by atoms with Crippen LogP contribution in [0.25, 0.3) is 0 Å². The van der Waals surface area contributed by atoms with E-state index in [0.29, 0.717) is 0 Å². The van der Waals surface area contributed by atoms with Gasteiger partial charge in [-0.05, 0) is 6.92 Å². The highest BCUT2D eigenvalue weighted by Crippen LogP contribution is 2.25. The highest BCUT2D eigenvalue weighted by Gasteiger charge is 2.46. The maximum Gasteiger partial charge on any atom is 0.132 e. The van der Waals surface area contributed by atoms with Crippen LogP contribution in [0.5, 0.6) is 0 Å². The summed E-state index contributed by atoms with van der Waals surface area (Å²) in [7, 11) is 0. The molecular weight excluding hydrogens is 176 g/mol. The van der Waals surface area contributed by atoms with Gasteiger partial charge in [0.2, 0.25) is 0 Å². The smallest absolute Gasteiger partial charge is 0.132 e. The quantitative estimate of drug-likeness (QED) is 0.490. The van der Waals surface area contributed by atoms with Gasteiger partial charge >= 0.3 is 0 Å². The summed E-state index contributed by atoms with van der Waals surface area (Å²) < 4.78 is 4.80. The number of hydrogen-bond acceptors (Lipinski definition) is 5. The molecule has 0 saturated carbocycles. The molecule has 0 aromatic rings. The maximum absolute atomic E-state index is 10.8. The van der Waals surface area contributed by atoms with Crippen LogP contribution in [0.1, 0.15) is 13.3 Å². The van der Waals surface area contributed by atoms with E-state index >= 15 is 0 Å². The number of carbonyl (C=O) groups is 1. The Hall–Kier alpha value is -0.490. The van der Waals surface area contributed by atoms with Crippen LogP contribution in [0.4, 0.5) is 0 Å². The molecule has 1 heterocycles. The molecule has 1 rings (SSSR count). The first-order valence-electron chi connectivity index (χ1n) is 4.12. The topological polar surface area (TPSA) is 87.0 Å². The molecule has 1 aliphatic heterocycles. The van der Waals surface area contributed by atoms with Crippen LogP contribution in [0.3, 0.4) is 0 Å². The Kier molecular flexibility index (Phi) is 3.02. The molecular formula is C8H14O5. The first kappa shape index (κ1) is 10.6. The molecule has 5 nitrogen and oxygen atoms in total. The number of ketones is 1. The minimum absolute atomic E-state index is 0.0547. The van der Waals surface area contributed by atoms with E-state index in [4.69, 9.17) is 4.74 Å². The van der Waals surface area contributed by atoms with Gasteiger partial charge in [-0.25, -0.2) is 0 Å². The summed E-state index contributed by atoms with van der Waals surface area (Å²) in [5.41, 5.74) is -1.75. The zero-order valence-electron chi connectivity index (χ0n) is 7.43. The zero-order chi connectivity index (χ0) is 10.1. The second-order valence-corrected chi connectivity index (χ2v) is 3.44. The fourth-order valence-corrected chi connectivity index (χ4v) is 1.44. The maximum atomic E-state index is 10.8. The van der Waals surface area contributed by atoms with E-state index in [1.54, 1.807) is 0 Å². The van der Waals surface area contributed by atoms with Gasteiger partial charge in [0.25, 0.3) is 0 Å². The monoisotopic (exact) mass is 190 g/mol. The molecule has 0 bridgehead atoms. The molecule has 3 N–H and O–H groups in total. The number of hydrogen-bond donors (Lipinski definition) is 3. The van der Waals surface area contributed by atoms with Gasteiger partial charge in [0.1, 0.15) is 23.6 Å². The highest BCUT2D eigenvalue weighted by molar-refractivity contribution is 5.76. The van der Waals surface area contributed by atoms with E-state index in [-0.39, 0.29) is 25.4 Å². The molecule has 0 radical (unpaired) electrons. The third-order valence-electron chi connectivity index (χ3n) is 2.24. The van der Waals surface area contributed by atoms with Crippen molar-refractivity contribution in [2.45, 2.75) is 31.2 Å². The first-order chi connectivity index (χ1) is 5.97. The number of aliphatic hydroxyl groups excluding tert-OH is 2. The molecule has 0 aliphatic carbocycles. The molecule has 0 aromatic carbocycles. The third-order valence-corrected chi connectivity index (χ3v) is 2.24. The minimum atomic E-state index is -1.75. The summed E-state index contributed by atoms with van der Waals surface area (Å²) in [6.07, 6.45) is -2.67. The highest BCUT2D eigenvalue weighted by atomic mass is 16.5. The lowest BCUT2D eigenvalue weighted by molar-refractivity contribution is -0.215. The third kappa shape index (κ3) is 2.05. The van der Waals surface area contributed by atoms with Gasteiger partial charge < -0.3 is 20.1 Å². The molecule has 5 heteroatoms. The molecule has 0 amide bonds. The van der Waals surface area contributed by atoms with E-state index < -0.39 is 17.8 Å². The molecule has 3 atom stereocenters. The van der Waals surface area contributed by atoms with E-state index in [1.807, 2.05) is 0 Å². The molecule has 0 spiro atoms. The van der Waals surface area contributed by atoms with Gasteiger partial charge in [-0.3, -0.25) is 4.79 Å². The lowest BCUT2D eigenvalue weighted by Crippen LogP contribution is -2.60. The summed E-state index contributed by atoms with van der Waals surface area (Å²) in [5.74, 6) is -0.275. The summed E-state index contributed by atoms with van der Waals surface area (Å²) in [6.45, 7) is 1.19. The summed E-state index contributed by atoms with van der Waals surface area (Å²) in [5, 5.41) is 28.5. The summed E-state index contributed by atoms with van der Waals surface area (Å²) >= 11 is 0. The lowest BCUT2D eigenvalue weighted by atomic mass is 9.84. The van der Waals surface area contributed by atoms with Crippen molar-refractivity contribution < 1.29 is 24.9 Å². The van der Waals surface area contributed by atoms with Crippen LogP contribution in [0.2, 0.25) is 0 Å². The Bertz CT molecular complexity index is 193. The summed E-state index contributed by atoms with van der Waals surface area (Å²) in [4.78, 5) is 10.8. The normalized spacial score (nSPS) is 40.3. The predicted octanol–water partition coefficient (Wildman–Crippen LogP) is -1.55. The average Bonchev–Trinajstić information content (AvgIpc) is 1.99. The van der Waals surface area contributed by atoms with Crippen molar-refractivity contribution in [3.8, 4) is 0 Å². The van der Waals surface area contributed by atoms with Crippen molar-refractivity contribution in [2.75, 3.05) is 13.2 Å². The largest absolute Gasteiger partial charge is 0.388 e. The van der Waals surface area contributed by atoms with Crippen LogP contribution in [-0.4, -0.2) is 52.1 Å². The van der Waals surface area contributed by atoms with Crippen LogP contribution in [-0.2, 0) is 9.53 Å². The van der Waals surface area contributed by atoms with E-state index in [9.17, 15) is 20.1 Å². The fourth-order valence-electron chi connectivity index (χ4n) is 1.44. The van der Waals surface area contributed by atoms with Crippen LogP contribution in [0, 0.1) is 0 Å². The Balaban J connectivity index is 2.74. The Morgan fingerprint density at radius 1 is 1.46 bits per heavy atom. The van der Waals surface area contributed by atoms with Gasteiger partial charge in [-0.2, -0.15) is 0 Å². The predicted molar refractivity (Wildman–Crippen MR) is 43.1 cm³/mol. The molecule has 1 unspecified atom stereocenters. The number of carbonyl (C=O) groups excluding carboxylic acids is 1. The second kappa shape index (κ2) is 3.71. The van der Waals surface area contributed by atoms with Gasteiger partial charge in [-0.1, -0.05) is 0 Å². The summed E-state index contributed by atoms with van der Waals surface area (Å²) in [6, 6.07) is 0. The van der Waals surface area contributed by atoms with Crippen molar-refractivity contribution >= 4 is 5.78 Å². The van der Waals surface area contributed by atoms with Gasteiger partial charge in [0, 0.05) is 6.42 Å². The van der Waals surface area contributed by atoms with Crippen molar-refractivity contribution in [3.63, 3.8) is 0 Å². The first-order valence-corrected chi connectivity index (χ1v) is 4.12. The number of rotatable bonds is 2. The lowest BCUT2D eigenvalue weighted by Gasteiger charge is -2.39. The van der Waals surface area contributed by atoms with Crippen molar-refractivity contribution in [1.29, 1.82) is 0 Å². The van der Waals surface area contributed by atoms with Gasteiger partial charge in [-0.15, -0.1) is 0 Å². The molecule has 1 saturated heterocycles. The standard InChI is InChI=1S/C8H14O5/c1-5(9)2-8(12)6(10)3-13-4-7(8)11/h6-7,10-12H,2-4H2,1H3/t6-,7+,8?. The van der Waals surface area contributed by atoms with Crippen molar-refractivity contribution in [1.82, 2.24) is 0 Å². The fraction of sp³-hybridized carbons (Fsp3) is 0.875. The van der Waals surface area contributed by atoms with Crippen LogP contribution in [0.15, 0.2) is 0 Å². The molecule has 76 valence electrons. The Labute approximate surface area is 75.9 Å². The van der Waals surface area contributed by atoms with Gasteiger partial charge in [0.05, 0.1) is 13.2 Å². The number of Topliss-reactive ketones (excluding diaryl/α,β-unsaturated/α-hetero) is 1. The molecule has 1 aliphatic rings. The van der Waals surface area contributed by atoms with Crippen molar-refractivity contribution in [2.24, 2.45) is 0 Å². The second-order valence-electron chi connectivity index (χ2n) is 3.44. The van der Waals surface area contributed by atoms with E-state index in [0.717, 1.165) is 0 Å². The number of aliphatic hydroxyl groups is 3.